The minimum absolute atomic E-state index is 0.298. The summed E-state index contributed by atoms with van der Waals surface area (Å²) in [6.07, 6.45) is 1.44. The number of hydrogen-bond acceptors (Lipinski definition) is 4. The third kappa shape index (κ3) is 1.51. The van der Waals surface area contributed by atoms with Crippen molar-refractivity contribution in [1.29, 1.82) is 0 Å². The summed E-state index contributed by atoms with van der Waals surface area (Å²) in [5.41, 5.74) is 5.79. The second-order valence-electron chi connectivity index (χ2n) is 2.86. The standard InChI is InChI=1S/C7H12N2O2/c1-7(2)5(9-8-3)4-6(10)11-7/h4,8-9H,1-3H3. The Hall–Kier alpha value is -1.03. The highest BCUT2D eigenvalue weighted by atomic mass is 16.6. The van der Waals surface area contributed by atoms with E-state index < -0.39 is 5.60 Å². The Kier molecular flexibility index (Phi) is 1.87. The molecule has 1 aliphatic heterocycles. The van der Waals surface area contributed by atoms with Crippen LogP contribution in [-0.4, -0.2) is 18.6 Å². The lowest BCUT2D eigenvalue weighted by atomic mass is 10.1. The summed E-state index contributed by atoms with van der Waals surface area (Å²) in [6.45, 7) is 3.65. The largest absolute Gasteiger partial charge is 0.450 e. The lowest BCUT2D eigenvalue weighted by Crippen LogP contribution is -2.37. The molecule has 0 aromatic rings. The molecule has 4 heteroatoms. The summed E-state index contributed by atoms with van der Waals surface area (Å²) >= 11 is 0. The van der Waals surface area contributed by atoms with Gasteiger partial charge in [-0.2, -0.15) is 0 Å². The molecule has 1 rings (SSSR count). The highest BCUT2D eigenvalue weighted by Gasteiger charge is 2.33. The molecule has 0 saturated heterocycles. The average Bonchev–Trinajstić information content (AvgIpc) is 2.07. The number of cyclic esters (lactones) is 1. The zero-order chi connectivity index (χ0) is 8.48. The molecule has 62 valence electrons. The summed E-state index contributed by atoms with van der Waals surface area (Å²) in [4.78, 5) is 10.8. The molecule has 1 heterocycles. The minimum Gasteiger partial charge on any atom is -0.450 e. The predicted octanol–water partition coefficient (Wildman–Crippen LogP) is -0.0703. The van der Waals surface area contributed by atoms with Gasteiger partial charge in [0.15, 0.2) is 0 Å². The summed E-state index contributed by atoms with van der Waals surface area (Å²) < 4.78 is 4.98. The van der Waals surface area contributed by atoms with Crippen LogP contribution in [0.25, 0.3) is 0 Å². The Balaban J connectivity index is 2.75. The van der Waals surface area contributed by atoms with Crippen molar-refractivity contribution < 1.29 is 9.53 Å². The summed E-state index contributed by atoms with van der Waals surface area (Å²) in [6, 6.07) is 0. The first-order chi connectivity index (χ1) is 5.06. The van der Waals surface area contributed by atoms with Crippen LogP contribution in [0, 0.1) is 0 Å². The number of carbonyl (C=O) groups excluding carboxylic acids is 1. The SMILES string of the molecule is CNNC1=CC(=O)OC1(C)C. The van der Waals surface area contributed by atoms with Gasteiger partial charge in [0, 0.05) is 13.1 Å². The number of hydrazine groups is 1. The van der Waals surface area contributed by atoms with Gasteiger partial charge in [0.1, 0.15) is 5.60 Å². The van der Waals surface area contributed by atoms with Gasteiger partial charge in [0.25, 0.3) is 0 Å². The van der Waals surface area contributed by atoms with Crippen molar-refractivity contribution in [3.8, 4) is 0 Å². The molecule has 0 aromatic heterocycles. The Morgan fingerprint density at radius 2 is 2.18 bits per heavy atom. The first kappa shape index (κ1) is 8.07. The first-order valence-corrected chi connectivity index (χ1v) is 3.44. The Morgan fingerprint density at radius 1 is 1.55 bits per heavy atom. The van der Waals surface area contributed by atoms with E-state index in [4.69, 9.17) is 4.74 Å². The number of ether oxygens (including phenoxy) is 1. The molecular formula is C7H12N2O2. The van der Waals surface area contributed by atoms with Gasteiger partial charge in [-0.25, -0.2) is 10.2 Å². The fraction of sp³-hybridized carbons (Fsp3) is 0.571. The Morgan fingerprint density at radius 3 is 2.55 bits per heavy atom. The normalized spacial score (nSPS) is 21.0. The zero-order valence-electron chi connectivity index (χ0n) is 6.89. The second-order valence-corrected chi connectivity index (χ2v) is 2.86. The fourth-order valence-electron chi connectivity index (χ4n) is 0.949. The molecule has 0 radical (unpaired) electrons. The van der Waals surface area contributed by atoms with Crippen molar-refractivity contribution in [2.45, 2.75) is 19.4 Å². The Labute approximate surface area is 65.6 Å². The molecule has 0 bridgehead atoms. The molecule has 11 heavy (non-hydrogen) atoms. The highest BCUT2D eigenvalue weighted by Crippen LogP contribution is 2.23. The van der Waals surface area contributed by atoms with Crippen molar-refractivity contribution in [3.05, 3.63) is 11.8 Å². The maximum Gasteiger partial charge on any atom is 0.333 e. The van der Waals surface area contributed by atoms with Gasteiger partial charge in [-0.3, -0.25) is 0 Å². The molecule has 0 aromatic carbocycles. The van der Waals surface area contributed by atoms with E-state index in [0.29, 0.717) is 0 Å². The van der Waals surface area contributed by atoms with E-state index in [9.17, 15) is 4.79 Å². The quantitative estimate of drug-likeness (QED) is 0.434. The van der Waals surface area contributed by atoms with Gasteiger partial charge in [-0.05, 0) is 13.8 Å². The van der Waals surface area contributed by atoms with Crippen LogP contribution in [0.15, 0.2) is 11.8 Å². The molecule has 0 amide bonds. The molecule has 0 aliphatic carbocycles. The van der Waals surface area contributed by atoms with E-state index in [1.54, 1.807) is 7.05 Å². The minimum atomic E-state index is -0.528. The molecule has 2 N–H and O–H groups in total. The van der Waals surface area contributed by atoms with Gasteiger partial charge in [-0.15, -0.1) is 0 Å². The van der Waals surface area contributed by atoms with Crippen LogP contribution in [0.5, 0.6) is 0 Å². The van der Waals surface area contributed by atoms with Gasteiger partial charge < -0.3 is 10.2 Å². The first-order valence-electron chi connectivity index (χ1n) is 3.44. The number of hydrogen-bond donors (Lipinski definition) is 2. The van der Waals surface area contributed by atoms with Crippen molar-refractivity contribution >= 4 is 5.97 Å². The molecule has 4 nitrogen and oxygen atoms in total. The number of nitrogens with one attached hydrogen (secondary N) is 2. The maximum absolute atomic E-state index is 10.8. The van der Waals surface area contributed by atoms with E-state index >= 15 is 0 Å². The van der Waals surface area contributed by atoms with Gasteiger partial charge >= 0.3 is 5.97 Å². The van der Waals surface area contributed by atoms with E-state index in [0.717, 1.165) is 5.70 Å². The second kappa shape index (κ2) is 2.54. The molecule has 0 atom stereocenters. The maximum atomic E-state index is 10.8. The third-order valence-corrected chi connectivity index (χ3v) is 1.53. The van der Waals surface area contributed by atoms with E-state index in [1.165, 1.54) is 6.08 Å². The van der Waals surface area contributed by atoms with E-state index in [2.05, 4.69) is 10.9 Å². The molecule has 0 saturated carbocycles. The van der Waals surface area contributed by atoms with Crippen LogP contribution in [-0.2, 0) is 9.53 Å². The third-order valence-electron chi connectivity index (χ3n) is 1.53. The van der Waals surface area contributed by atoms with Crippen LogP contribution in [0.1, 0.15) is 13.8 Å². The monoisotopic (exact) mass is 156 g/mol. The topological polar surface area (TPSA) is 50.4 Å². The van der Waals surface area contributed by atoms with Crippen molar-refractivity contribution in [2.24, 2.45) is 0 Å². The Bertz CT molecular complexity index is 208. The van der Waals surface area contributed by atoms with Crippen molar-refractivity contribution in [2.75, 3.05) is 7.05 Å². The van der Waals surface area contributed by atoms with Crippen molar-refractivity contribution in [3.63, 3.8) is 0 Å². The smallest absolute Gasteiger partial charge is 0.333 e. The van der Waals surface area contributed by atoms with Gasteiger partial charge in [-0.1, -0.05) is 0 Å². The predicted molar refractivity (Wildman–Crippen MR) is 40.4 cm³/mol. The molecule has 1 aliphatic rings. The summed E-state index contributed by atoms with van der Waals surface area (Å²) in [5.74, 6) is -0.298. The van der Waals surface area contributed by atoms with E-state index in [1.807, 2.05) is 13.8 Å². The number of rotatable bonds is 2. The molecule has 0 unspecified atom stereocenters. The van der Waals surface area contributed by atoms with Crippen LogP contribution < -0.4 is 10.9 Å². The number of esters is 1. The fourth-order valence-corrected chi connectivity index (χ4v) is 0.949. The molecule has 0 spiro atoms. The van der Waals surface area contributed by atoms with Crippen LogP contribution in [0.3, 0.4) is 0 Å². The van der Waals surface area contributed by atoms with Gasteiger partial charge in [0.2, 0.25) is 0 Å². The summed E-state index contributed by atoms with van der Waals surface area (Å²) in [5, 5.41) is 0. The van der Waals surface area contributed by atoms with Gasteiger partial charge in [0.05, 0.1) is 5.70 Å². The lowest BCUT2D eigenvalue weighted by molar-refractivity contribution is -0.143. The average molecular weight is 156 g/mol. The lowest BCUT2D eigenvalue weighted by Gasteiger charge is -2.21. The van der Waals surface area contributed by atoms with Crippen molar-refractivity contribution in [1.82, 2.24) is 10.9 Å². The van der Waals surface area contributed by atoms with Crippen LogP contribution in [0.2, 0.25) is 0 Å². The summed E-state index contributed by atoms with van der Waals surface area (Å²) in [7, 11) is 1.74. The zero-order valence-corrected chi connectivity index (χ0v) is 6.89. The highest BCUT2D eigenvalue weighted by molar-refractivity contribution is 5.86. The van der Waals surface area contributed by atoms with E-state index in [-0.39, 0.29) is 5.97 Å². The van der Waals surface area contributed by atoms with Crippen LogP contribution in [0.4, 0.5) is 0 Å². The molecular weight excluding hydrogens is 144 g/mol. The molecule has 0 fully saturated rings. The van der Waals surface area contributed by atoms with Crippen LogP contribution >= 0.6 is 0 Å². The number of carbonyl (C=O) groups is 1.